The van der Waals surface area contributed by atoms with Gasteiger partial charge in [-0.05, 0) is 34.1 Å². The highest BCUT2D eigenvalue weighted by atomic mass is 79.9. The molecule has 0 aliphatic rings. The molecule has 0 bridgehead atoms. The van der Waals surface area contributed by atoms with Crippen LogP contribution in [-0.4, -0.2) is 9.55 Å². The number of fused-ring (bicyclic) bond motifs is 1. The molecule has 0 aliphatic heterocycles. The van der Waals surface area contributed by atoms with Crippen molar-refractivity contribution in [3.05, 3.63) is 57.3 Å². The highest BCUT2D eigenvalue weighted by molar-refractivity contribution is 9.10. The first kappa shape index (κ1) is 14.8. The maximum Gasteiger partial charge on any atom is 0.153 e. The van der Waals surface area contributed by atoms with Crippen LogP contribution >= 0.6 is 39.1 Å². The molecule has 7 heteroatoms. The van der Waals surface area contributed by atoms with Gasteiger partial charge in [-0.15, -0.1) is 11.6 Å². The molecule has 21 heavy (non-hydrogen) atoms. The zero-order valence-electron chi connectivity index (χ0n) is 10.4. The molecule has 1 aromatic heterocycles. The van der Waals surface area contributed by atoms with Crippen molar-refractivity contribution in [2.24, 2.45) is 0 Å². The van der Waals surface area contributed by atoms with Crippen molar-refractivity contribution in [1.82, 2.24) is 9.55 Å². The molecule has 0 saturated carbocycles. The second-order valence-corrected chi connectivity index (χ2v) is 5.91. The van der Waals surface area contributed by atoms with E-state index in [1.54, 1.807) is 22.8 Å². The van der Waals surface area contributed by atoms with Gasteiger partial charge in [-0.25, -0.2) is 13.8 Å². The predicted octanol–water partition coefficient (Wildman–Crippen LogP) is 5.46. The SMILES string of the molecule is Fc1cc(F)c2nc(CCl)n(-c3ccc(Cl)cc3Br)c2c1. The van der Waals surface area contributed by atoms with Crippen molar-refractivity contribution in [2.45, 2.75) is 5.88 Å². The molecule has 0 atom stereocenters. The molecule has 3 aromatic rings. The van der Waals surface area contributed by atoms with E-state index in [1.165, 1.54) is 6.07 Å². The first-order chi connectivity index (χ1) is 10.0. The Kier molecular flexibility index (Phi) is 3.90. The Balaban J connectivity index is 2.40. The summed E-state index contributed by atoms with van der Waals surface area (Å²) in [5.41, 5.74) is 1.04. The van der Waals surface area contributed by atoms with E-state index in [2.05, 4.69) is 20.9 Å². The molecule has 0 radical (unpaired) electrons. The Labute approximate surface area is 137 Å². The summed E-state index contributed by atoms with van der Waals surface area (Å²) in [6.45, 7) is 0. The second kappa shape index (κ2) is 5.55. The van der Waals surface area contributed by atoms with Crippen molar-refractivity contribution < 1.29 is 8.78 Å². The van der Waals surface area contributed by atoms with Gasteiger partial charge in [0.2, 0.25) is 0 Å². The zero-order chi connectivity index (χ0) is 15.1. The van der Waals surface area contributed by atoms with Gasteiger partial charge in [0.05, 0.1) is 17.1 Å². The molecule has 1 heterocycles. The lowest BCUT2D eigenvalue weighted by Gasteiger charge is -2.10. The standard InChI is InChI=1S/C14H7BrCl2F2N2/c15-9-3-7(17)1-2-11(9)21-12-5-8(18)4-10(19)14(12)20-13(21)6-16/h1-5H,6H2. The molecule has 2 aromatic carbocycles. The fraction of sp³-hybridized carbons (Fsp3) is 0.0714. The van der Waals surface area contributed by atoms with Gasteiger partial charge in [-0.3, -0.25) is 4.57 Å². The van der Waals surface area contributed by atoms with Gasteiger partial charge in [0, 0.05) is 21.6 Å². The molecule has 0 spiro atoms. The van der Waals surface area contributed by atoms with E-state index in [9.17, 15) is 8.78 Å². The zero-order valence-corrected chi connectivity index (χ0v) is 13.5. The Morgan fingerprint density at radius 3 is 2.62 bits per heavy atom. The average Bonchev–Trinajstić information content (AvgIpc) is 2.77. The van der Waals surface area contributed by atoms with E-state index in [-0.39, 0.29) is 11.4 Å². The van der Waals surface area contributed by atoms with E-state index >= 15 is 0 Å². The number of nitrogens with zero attached hydrogens (tertiary/aromatic N) is 2. The van der Waals surface area contributed by atoms with E-state index in [0.29, 0.717) is 26.5 Å². The summed E-state index contributed by atoms with van der Waals surface area (Å²) >= 11 is 15.2. The third-order valence-corrected chi connectivity index (χ3v) is 4.13. The summed E-state index contributed by atoms with van der Waals surface area (Å²) in [5, 5.41) is 0.542. The lowest BCUT2D eigenvalue weighted by molar-refractivity contribution is 0.590. The number of aromatic nitrogens is 2. The van der Waals surface area contributed by atoms with Crippen LogP contribution in [0.25, 0.3) is 16.7 Å². The second-order valence-electron chi connectivity index (χ2n) is 4.35. The molecule has 0 saturated heterocycles. The Hall–Kier alpha value is -1.17. The van der Waals surface area contributed by atoms with E-state index in [4.69, 9.17) is 23.2 Å². The normalized spacial score (nSPS) is 11.3. The minimum Gasteiger partial charge on any atom is -0.294 e. The van der Waals surface area contributed by atoms with Crippen molar-refractivity contribution >= 4 is 50.2 Å². The molecule has 2 nitrogen and oxygen atoms in total. The third kappa shape index (κ3) is 2.54. The smallest absolute Gasteiger partial charge is 0.153 e. The molecular weight excluding hydrogens is 385 g/mol. The summed E-state index contributed by atoms with van der Waals surface area (Å²) in [6.07, 6.45) is 0. The lowest BCUT2D eigenvalue weighted by atomic mass is 10.2. The number of hydrogen-bond acceptors (Lipinski definition) is 1. The lowest BCUT2D eigenvalue weighted by Crippen LogP contribution is -2.00. The van der Waals surface area contributed by atoms with Gasteiger partial charge in [0.25, 0.3) is 0 Å². The average molecular weight is 392 g/mol. The monoisotopic (exact) mass is 390 g/mol. The van der Waals surface area contributed by atoms with Gasteiger partial charge in [-0.1, -0.05) is 11.6 Å². The van der Waals surface area contributed by atoms with Gasteiger partial charge in [0.15, 0.2) is 5.82 Å². The minimum atomic E-state index is -0.722. The molecule has 0 fully saturated rings. The van der Waals surface area contributed by atoms with Gasteiger partial charge in [-0.2, -0.15) is 0 Å². The van der Waals surface area contributed by atoms with Gasteiger partial charge >= 0.3 is 0 Å². The van der Waals surface area contributed by atoms with Gasteiger partial charge < -0.3 is 0 Å². The summed E-state index contributed by atoms with van der Waals surface area (Å²) in [6, 6.07) is 7.13. The van der Waals surface area contributed by atoms with Crippen LogP contribution in [0, 0.1) is 11.6 Å². The van der Waals surface area contributed by atoms with Crippen LogP contribution in [-0.2, 0) is 5.88 Å². The topological polar surface area (TPSA) is 17.8 Å². The summed E-state index contributed by atoms with van der Waals surface area (Å²) in [7, 11) is 0. The van der Waals surface area contributed by atoms with Crippen LogP contribution in [0.3, 0.4) is 0 Å². The maximum absolute atomic E-state index is 13.9. The van der Waals surface area contributed by atoms with Gasteiger partial charge in [0.1, 0.15) is 17.2 Å². The molecule has 108 valence electrons. The van der Waals surface area contributed by atoms with E-state index in [0.717, 1.165) is 6.07 Å². The maximum atomic E-state index is 13.9. The highest BCUT2D eigenvalue weighted by Gasteiger charge is 2.17. The number of halogens is 5. The van der Waals surface area contributed by atoms with Crippen molar-refractivity contribution in [1.29, 1.82) is 0 Å². The third-order valence-electron chi connectivity index (χ3n) is 3.02. The number of rotatable bonds is 2. The Morgan fingerprint density at radius 1 is 1.19 bits per heavy atom. The van der Waals surface area contributed by atoms with Crippen LogP contribution in [0.4, 0.5) is 8.78 Å². The Morgan fingerprint density at radius 2 is 1.95 bits per heavy atom. The minimum absolute atomic E-state index is 0.0603. The van der Waals surface area contributed by atoms with Crippen molar-refractivity contribution in [3.8, 4) is 5.69 Å². The highest BCUT2D eigenvalue weighted by Crippen LogP contribution is 2.31. The summed E-state index contributed by atoms with van der Waals surface area (Å²) in [5.74, 6) is -0.920. The van der Waals surface area contributed by atoms with Crippen LogP contribution in [0.15, 0.2) is 34.8 Å². The number of benzene rings is 2. The molecule has 0 N–H and O–H groups in total. The van der Waals surface area contributed by atoms with E-state index < -0.39 is 11.6 Å². The largest absolute Gasteiger partial charge is 0.294 e. The molecule has 3 rings (SSSR count). The first-order valence-electron chi connectivity index (χ1n) is 5.89. The van der Waals surface area contributed by atoms with E-state index in [1.807, 2.05) is 0 Å². The van der Waals surface area contributed by atoms with Crippen LogP contribution in [0.5, 0.6) is 0 Å². The quantitative estimate of drug-likeness (QED) is 0.530. The summed E-state index contributed by atoms with van der Waals surface area (Å²) in [4.78, 5) is 4.15. The van der Waals surface area contributed by atoms with Crippen molar-refractivity contribution in [3.63, 3.8) is 0 Å². The predicted molar refractivity (Wildman–Crippen MR) is 83.3 cm³/mol. The number of imidazole rings is 1. The Bertz CT molecular complexity index is 849. The fourth-order valence-electron chi connectivity index (χ4n) is 2.17. The fourth-order valence-corrected chi connectivity index (χ4v) is 3.21. The number of hydrogen-bond donors (Lipinski definition) is 0. The first-order valence-corrected chi connectivity index (χ1v) is 7.59. The molecule has 0 amide bonds. The van der Waals surface area contributed by atoms with Crippen molar-refractivity contribution in [2.75, 3.05) is 0 Å². The molecule has 0 unspecified atom stereocenters. The summed E-state index contributed by atoms with van der Waals surface area (Å²) < 4.78 is 29.7. The van der Waals surface area contributed by atoms with Crippen LogP contribution in [0.1, 0.15) is 5.82 Å². The van der Waals surface area contributed by atoms with Crippen LogP contribution in [0.2, 0.25) is 5.02 Å². The number of alkyl halides is 1. The molecular formula is C14H7BrCl2F2N2. The molecule has 0 aliphatic carbocycles. The van der Waals surface area contributed by atoms with Crippen LogP contribution < -0.4 is 0 Å².